The molecule has 0 saturated carbocycles. The fourth-order valence-corrected chi connectivity index (χ4v) is 15.7. The van der Waals surface area contributed by atoms with Crippen molar-refractivity contribution in [2.45, 2.75) is 0 Å². The summed E-state index contributed by atoms with van der Waals surface area (Å²) in [5, 5.41) is -0.699. The minimum atomic E-state index is -4.39. The minimum Gasteiger partial charge on any atom is -0.456 e. The van der Waals surface area contributed by atoms with Crippen molar-refractivity contribution in [2.24, 2.45) is 0 Å². The molecule has 0 aliphatic carbocycles. The third kappa shape index (κ3) is 5.06. The Bertz CT molecular complexity index is 2150. The van der Waals surface area contributed by atoms with E-state index in [0.29, 0.717) is 12.5 Å². The first-order chi connectivity index (χ1) is 20.8. The van der Waals surface area contributed by atoms with E-state index >= 15 is 17.6 Å². The van der Waals surface area contributed by atoms with Crippen molar-refractivity contribution < 1.29 is 65.2 Å². The van der Waals surface area contributed by atoms with Crippen LogP contribution in [0.15, 0.2) is 40.8 Å². The molecule has 0 saturated heterocycles. The lowest BCUT2D eigenvalue weighted by Crippen LogP contribution is -2.58. The van der Waals surface area contributed by atoms with Gasteiger partial charge in [0.05, 0.1) is 0 Å². The smallest absolute Gasteiger partial charge is 0.261 e. The summed E-state index contributed by atoms with van der Waals surface area (Å²) in [6.07, 6.45) is -1.86. The van der Waals surface area contributed by atoms with Crippen LogP contribution in [-0.4, -0.2) is 36.1 Å². The van der Waals surface area contributed by atoms with Gasteiger partial charge < -0.3 is 4.42 Å². The maximum atomic E-state index is 15.2. The molecule has 0 fully saturated rings. The van der Waals surface area contributed by atoms with Gasteiger partial charge in [0.1, 0.15) is 11.2 Å². The zero-order valence-electron chi connectivity index (χ0n) is 22.1. The fraction of sp³-hybridized carbons (Fsp3) is 0.0769. The van der Waals surface area contributed by atoms with Crippen LogP contribution in [0.4, 0.5) is 43.9 Å². The molecule has 0 aliphatic heterocycles. The number of halogens is 10. The molecule has 0 atom stereocenters. The van der Waals surface area contributed by atoms with Crippen LogP contribution in [0.5, 0.6) is 0 Å². The lowest BCUT2D eigenvalue weighted by Gasteiger charge is -2.20. The van der Waals surface area contributed by atoms with Crippen molar-refractivity contribution in [3.63, 3.8) is 0 Å². The molecule has 0 aliphatic rings. The second kappa shape index (κ2) is 11.0. The van der Waals surface area contributed by atoms with Crippen molar-refractivity contribution in [3.8, 4) is 0 Å². The second-order valence-electron chi connectivity index (χ2n) is 9.60. The molecular formula is C26H12BF10O5PS2. The highest BCUT2D eigenvalue weighted by Gasteiger charge is 2.42. The molecule has 5 nitrogen and oxygen atoms in total. The first-order valence-electron chi connectivity index (χ1n) is 12.0. The third-order valence-electron chi connectivity index (χ3n) is 6.71. The lowest BCUT2D eigenvalue weighted by atomic mass is 9.36. The largest absolute Gasteiger partial charge is 0.456 e. The molecule has 1 aromatic heterocycles. The third-order valence-corrected chi connectivity index (χ3v) is 18.3. The number of hydrogen-bond acceptors (Lipinski definition) is 5. The van der Waals surface area contributed by atoms with Crippen molar-refractivity contribution in [3.05, 3.63) is 94.6 Å². The predicted molar refractivity (Wildman–Crippen MR) is 147 cm³/mol. The molecule has 0 bridgehead atoms. The molecule has 0 unspecified atom stereocenters. The van der Waals surface area contributed by atoms with Crippen LogP contribution in [0.25, 0.3) is 21.9 Å². The van der Waals surface area contributed by atoms with Crippen molar-refractivity contribution in [1.29, 1.82) is 0 Å². The van der Waals surface area contributed by atoms with Gasteiger partial charge in [-0.2, -0.15) is 0 Å². The Balaban J connectivity index is 2.00. The minimum absolute atomic E-state index is 0.0854. The molecule has 45 heavy (non-hydrogen) atoms. The average Bonchev–Trinajstić information content (AvgIpc) is 3.35. The predicted octanol–water partition coefficient (Wildman–Crippen LogP) is 4.52. The molecule has 0 amide bonds. The Labute approximate surface area is 247 Å². The topological polar surface area (TPSA) is 81.4 Å². The molecule has 0 spiro atoms. The monoisotopic (exact) mass is 700 g/mol. The molecule has 236 valence electrons. The quantitative estimate of drug-likeness (QED) is 0.0857. The van der Waals surface area contributed by atoms with Crippen molar-refractivity contribution >= 4 is 75.6 Å². The Hall–Kier alpha value is -3.63. The molecule has 5 aromatic rings. The van der Waals surface area contributed by atoms with E-state index in [2.05, 4.69) is 0 Å². The summed E-state index contributed by atoms with van der Waals surface area (Å²) in [5.41, 5.74) is -6.11. The Morgan fingerprint density at radius 1 is 0.533 bits per heavy atom. The van der Waals surface area contributed by atoms with Crippen LogP contribution in [0, 0.1) is 58.2 Å². The Morgan fingerprint density at radius 3 is 1.29 bits per heavy atom. The number of hydrogen-bond donors (Lipinski definition) is 0. The van der Waals surface area contributed by atoms with Gasteiger partial charge in [0.2, 0.25) is 0 Å². The van der Waals surface area contributed by atoms with E-state index in [1.54, 1.807) is 0 Å². The fourth-order valence-electron chi connectivity index (χ4n) is 5.01. The van der Waals surface area contributed by atoms with Gasteiger partial charge in [-0.3, -0.25) is 0 Å². The van der Waals surface area contributed by atoms with E-state index in [-0.39, 0.29) is 10.8 Å². The van der Waals surface area contributed by atoms with E-state index in [4.69, 9.17) is 4.42 Å². The van der Waals surface area contributed by atoms with Gasteiger partial charge >= 0.3 is 0 Å². The first kappa shape index (κ1) is 32.8. The lowest BCUT2D eigenvalue weighted by molar-refractivity contribution is 0.382. The molecule has 19 heteroatoms. The van der Waals surface area contributed by atoms with Gasteiger partial charge in [-0.15, -0.1) is 0 Å². The van der Waals surface area contributed by atoms with E-state index in [1.807, 2.05) is 0 Å². The number of furan rings is 1. The van der Waals surface area contributed by atoms with Crippen LogP contribution >= 0.6 is 6.33 Å². The normalized spacial score (nSPS) is 12.6. The van der Waals surface area contributed by atoms with E-state index in [9.17, 15) is 43.2 Å². The second-order valence-corrected chi connectivity index (χ2v) is 20.4. The number of fused-ring (bicyclic) bond motifs is 3. The average molecular weight is 700 g/mol. The van der Waals surface area contributed by atoms with Gasteiger partial charge in [-0.05, 0) is 11.5 Å². The summed E-state index contributed by atoms with van der Waals surface area (Å²) >= 11 is 0. The van der Waals surface area contributed by atoms with Crippen LogP contribution in [0.1, 0.15) is 0 Å². The summed E-state index contributed by atoms with van der Waals surface area (Å²) in [4.78, 5) is 0. The number of rotatable bonds is 6. The summed E-state index contributed by atoms with van der Waals surface area (Å²) < 4.78 is 202. The van der Waals surface area contributed by atoms with E-state index in [0.717, 1.165) is 18.2 Å². The highest BCUT2D eigenvalue weighted by molar-refractivity contribution is 8.84. The molecule has 0 N–H and O–H groups in total. The maximum absolute atomic E-state index is 15.2. The van der Waals surface area contributed by atoms with E-state index < -0.39 is 123 Å². The standard InChI is InChI=1S/C26H12BF10O5PS2/c1-44(38,39)43(45(2,40)41)12-8-4-6-10-9-5-3-7-11(25(9)42-26(10)12)27(13-15(28)19(32)23(36)20(33)16(13)29)14-17(30)21(34)24(37)22(35)18(14)31/h3-8H,1-2H3. The number of para-hydroxylation sites is 2. The highest BCUT2D eigenvalue weighted by Crippen LogP contribution is 2.49. The summed E-state index contributed by atoms with van der Waals surface area (Å²) in [5.74, 6) is -26.5. The molecule has 4 aromatic carbocycles. The Kier molecular flexibility index (Phi) is 8.02. The number of benzene rings is 4. The van der Waals surface area contributed by atoms with Crippen LogP contribution in [-0.2, 0) is 18.9 Å². The summed E-state index contributed by atoms with van der Waals surface area (Å²) in [6, 6.07) is 6.48. The maximum Gasteiger partial charge on any atom is 0.261 e. The van der Waals surface area contributed by atoms with Gasteiger partial charge in [-0.1, -0.05) is 30.3 Å². The van der Waals surface area contributed by atoms with E-state index in [1.165, 1.54) is 18.2 Å². The molecular weight excluding hydrogens is 688 g/mol. The summed E-state index contributed by atoms with van der Waals surface area (Å²) in [6.45, 7) is -2.97. The van der Waals surface area contributed by atoms with Crippen molar-refractivity contribution in [2.75, 3.05) is 12.5 Å². The summed E-state index contributed by atoms with van der Waals surface area (Å²) in [7, 11) is -8.77. The van der Waals surface area contributed by atoms with Crippen LogP contribution < -0.4 is 21.7 Å². The SMILES string of the molecule is CS(=O)(=O)P(c1cccc2c1oc1c(B(c3c(F)c(F)c(F)c(F)c3F)c3c(F)c(F)c(F)c(F)c3F)cccc12)S(C)(=O)=O. The van der Waals surface area contributed by atoms with Crippen molar-refractivity contribution in [1.82, 2.24) is 0 Å². The van der Waals surface area contributed by atoms with Gasteiger partial charge in [0.15, 0.2) is 83.4 Å². The zero-order chi connectivity index (χ0) is 33.5. The molecule has 1 heterocycles. The highest BCUT2D eigenvalue weighted by atomic mass is 33.1. The van der Waals surface area contributed by atoms with Crippen LogP contribution in [0.2, 0.25) is 0 Å². The van der Waals surface area contributed by atoms with Gasteiger partial charge in [0.25, 0.3) is 6.71 Å². The Morgan fingerprint density at radius 2 is 0.889 bits per heavy atom. The van der Waals surface area contributed by atoms with Gasteiger partial charge in [-0.25, -0.2) is 60.7 Å². The molecule has 0 radical (unpaired) electrons. The zero-order valence-corrected chi connectivity index (χ0v) is 24.7. The molecule has 5 rings (SSSR count). The van der Waals surface area contributed by atoms with Crippen LogP contribution in [0.3, 0.4) is 0 Å². The first-order valence-corrected chi connectivity index (χ1v) is 18.3. The van der Waals surface area contributed by atoms with Gasteiger partial charge in [0, 0.05) is 39.5 Å².